The van der Waals surface area contributed by atoms with Gasteiger partial charge in [0.1, 0.15) is 12.2 Å². The van der Waals surface area contributed by atoms with E-state index in [4.69, 9.17) is 14.2 Å². The Balaban J connectivity index is 4.46. The van der Waals surface area contributed by atoms with Crippen molar-refractivity contribution in [2.75, 3.05) is 6.61 Å². The van der Waals surface area contributed by atoms with Gasteiger partial charge in [0.15, 0.2) is 0 Å². The SMILES string of the molecule is CCC(OC(C)=O)C(CCOC(C)=O)OC(C)=O. The first-order valence-electron chi connectivity index (χ1n) is 5.84. The summed E-state index contributed by atoms with van der Waals surface area (Å²) in [6.45, 7) is 5.80. The Morgan fingerprint density at radius 3 is 1.78 bits per heavy atom. The lowest BCUT2D eigenvalue weighted by molar-refractivity contribution is -0.167. The minimum atomic E-state index is -0.601. The highest BCUT2D eigenvalue weighted by molar-refractivity contribution is 5.67. The molecule has 0 N–H and O–H groups in total. The van der Waals surface area contributed by atoms with E-state index < -0.39 is 30.1 Å². The molecule has 2 unspecified atom stereocenters. The fraction of sp³-hybridized carbons (Fsp3) is 0.750. The minimum absolute atomic E-state index is 0.116. The van der Waals surface area contributed by atoms with Crippen LogP contribution in [0.4, 0.5) is 0 Å². The van der Waals surface area contributed by atoms with Crippen LogP contribution >= 0.6 is 0 Å². The highest BCUT2D eigenvalue weighted by atomic mass is 16.6. The molecule has 0 saturated carbocycles. The zero-order valence-electron chi connectivity index (χ0n) is 11.2. The van der Waals surface area contributed by atoms with Crippen LogP contribution in [0.15, 0.2) is 0 Å². The lowest BCUT2D eigenvalue weighted by Crippen LogP contribution is -2.35. The van der Waals surface area contributed by atoms with E-state index in [0.717, 1.165) is 0 Å². The first-order valence-corrected chi connectivity index (χ1v) is 5.84. The summed E-state index contributed by atoms with van der Waals surface area (Å²) in [6.07, 6.45) is -0.319. The van der Waals surface area contributed by atoms with E-state index in [0.29, 0.717) is 12.8 Å². The average Bonchev–Trinajstić information content (AvgIpc) is 2.23. The summed E-state index contributed by atoms with van der Waals surface area (Å²) in [5.41, 5.74) is 0. The second kappa shape index (κ2) is 8.49. The lowest BCUT2D eigenvalue weighted by atomic mass is 10.1. The Bertz CT molecular complexity index is 299. The molecule has 0 aliphatic heterocycles. The number of rotatable bonds is 7. The summed E-state index contributed by atoms with van der Waals surface area (Å²) in [5.74, 6) is -1.31. The second-order valence-corrected chi connectivity index (χ2v) is 3.83. The monoisotopic (exact) mass is 260 g/mol. The van der Waals surface area contributed by atoms with Gasteiger partial charge in [-0.25, -0.2) is 0 Å². The lowest BCUT2D eigenvalue weighted by Gasteiger charge is -2.25. The molecule has 0 heterocycles. The molecular weight excluding hydrogens is 240 g/mol. The molecule has 0 amide bonds. The Kier molecular flexibility index (Phi) is 7.74. The van der Waals surface area contributed by atoms with Gasteiger partial charge in [0.05, 0.1) is 6.61 Å². The van der Waals surface area contributed by atoms with Crippen LogP contribution in [0.25, 0.3) is 0 Å². The summed E-state index contributed by atoms with van der Waals surface area (Å²) in [4.78, 5) is 32.6. The maximum absolute atomic E-state index is 11.0. The molecular formula is C12H20O6. The third-order valence-electron chi connectivity index (χ3n) is 2.16. The highest BCUT2D eigenvalue weighted by Gasteiger charge is 2.25. The number of hydrogen-bond acceptors (Lipinski definition) is 6. The van der Waals surface area contributed by atoms with E-state index in [1.807, 2.05) is 6.92 Å². The number of carbonyl (C=O) groups is 3. The number of esters is 3. The maximum Gasteiger partial charge on any atom is 0.303 e. The quantitative estimate of drug-likeness (QED) is 0.505. The van der Waals surface area contributed by atoms with Crippen LogP contribution in [-0.2, 0) is 28.6 Å². The maximum atomic E-state index is 11.0. The van der Waals surface area contributed by atoms with Crippen molar-refractivity contribution in [3.8, 4) is 0 Å². The molecule has 0 aromatic rings. The van der Waals surface area contributed by atoms with Crippen LogP contribution in [-0.4, -0.2) is 36.7 Å². The molecule has 0 bridgehead atoms. The van der Waals surface area contributed by atoms with Crippen molar-refractivity contribution in [1.29, 1.82) is 0 Å². The van der Waals surface area contributed by atoms with Gasteiger partial charge in [-0.05, 0) is 6.42 Å². The van der Waals surface area contributed by atoms with Crippen LogP contribution in [0.3, 0.4) is 0 Å². The van der Waals surface area contributed by atoms with Gasteiger partial charge in [-0.1, -0.05) is 6.92 Å². The third-order valence-corrected chi connectivity index (χ3v) is 2.16. The molecule has 0 aliphatic rings. The molecule has 0 aromatic carbocycles. The summed E-state index contributed by atoms with van der Waals surface area (Å²) < 4.78 is 14.9. The van der Waals surface area contributed by atoms with E-state index in [1.54, 1.807) is 0 Å². The smallest absolute Gasteiger partial charge is 0.303 e. The fourth-order valence-corrected chi connectivity index (χ4v) is 1.49. The Morgan fingerprint density at radius 2 is 1.39 bits per heavy atom. The van der Waals surface area contributed by atoms with Crippen molar-refractivity contribution >= 4 is 17.9 Å². The zero-order valence-corrected chi connectivity index (χ0v) is 11.2. The molecule has 6 heteroatoms. The first-order chi connectivity index (χ1) is 8.36. The van der Waals surface area contributed by atoms with Crippen molar-refractivity contribution in [2.24, 2.45) is 0 Å². The van der Waals surface area contributed by atoms with E-state index >= 15 is 0 Å². The van der Waals surface area contributed by atoms with Crippen LogP contribution in [0.5, 0.6) is 0 Å². The van der Waals surface area contributed by atoms with E-state index in [-0.39, 0.29) is 6.61 Å². The molecule has 0 aliphatic carbocycles. The van der Waals surface area contributed by atoms with E-state index in [1.165, 1.54) is 20.8 Å². The van der Waals surface area contributed by atoms with Gasteiger partial charge in [-0.2, -0.15) is 0 Å². The molecule has 0 spiro atoms. The molecule has 0 aromatic heterocycles. The van der Waals surface area contributed by atoms with Crippen molar-refractivity contribution in [1.82, 2.24) is 0 Å². The van der Waals surface area contributed by atoms with Crippen molar-refractivity contribution in [3.05, 3.63) is 0 Å². The average molecular weight is 260 g/mol. The van der Waals surface area contributed by atoms with Crippen molar-refractivity contribution in [3.63, 3.8) is 0 Å². The van der Waals surface area contributed by atoms with Crippen LogP contribution < -0.4 is 0 Å². The fourth-order valence-electron chi connectivity index (χ4n) is 1.49. The molecule has 2 atom stereocenters. The predicted molar refractivity (Wildman–Crippen MR) is 62.6 cm³/mol. The topological polar surface area (TPSA) is 78.9 Å². The van der Waals surface area contributed by atoms with Crippen LogP contribution in [0.1, 0.15) is 40.5 Å². The van der Waals surface area contributed by atoms with Gasteiger partial charge in [-0.15, -0.1) is 0 Å². The van der Waals surface area contributed by atoms with Gasteiger partial charge in [0, 0.05) is 27.2 Å². The molecule has 0 fully saturated rings. The minimum Gasteiger partial charge on any atom is -0.466 e. The first kappa shape index (κ1) is 16.4. The number of carbonyl (C=O) groups excluding carboxylic acids is 3. The third kappa shape index (κ3) is 7.65. The molecule has 104 valence electrons. The van der Waals surface area contributed by atoms with Gasteiger partial charge in [0.2, 0.25) is 0 Å². The number of hydrogen-bond donors (Lipinski definition) is 0. The Labute approximate surface area is 107 Å². The highest BCUT2D eigenvalue weighted by Crippen LogP contribution is 2.13. The van der Waals surface area contributed by atoms with Gasteiger partial charge in [-0.3, -0.25) is 14.4 Å². The van der Waals surface area contributed by atoms with Crippen LogP contribution in [0, 0.1) is 0 Å². The Hall–Kier alpha value is -1.59. The van der Waals surface area contributed by atoms with Gasteiger partial charge >= 0.3 is 17.9 Å². The normalized spacial score (nSPS) is 13.3. The molecule has 0 radical (unpaired) electrons. The van der Waals surface area contributed by atoms with Gasteiger partial charge < -0.3 is 14.2 Å². The van der Waals surface area contributed by atoms with Crippen LogP contribution in [0.2, 0.25) is 0 Å². The molecule has 18 heavy (non-hydrogen) atoms. The predicted octanol–water partition coefficient (Wildman–Crippen LogP) is 1.21. The standard InChI is InChI=1S/C12H20O6/c1-5-11(17-9(3)14)12(18-10(4)15)6-7-16-8(2)13/h11-12H,5-7H2,1-4H3. The Morgan fingerprint density at radius 1 is 0.889 bits per heavy atom. The molecule has 6 nitrogen and oxygen atoms in total. The second-order valence-electron chi connectivity index (χ2n) is 3.83. The summed E-state index contributed by atoms with van der Waals surface area (Å²) in [6, 6.07) is 0. The number of ether oxygens (including phenoxy) is 3. The largest absolute Gasteiger partial charge is 0.466 e. The van der Waals surface area contributed by atoms with Crippen molar-refractivity contribution < 1.29 is 28.6 Å². The van der Waals surface area contributed by atoms with E-state index in [9.17, 15) is 14.4 Å². The van der Waals surface area contributed by atoms with Crippen molar-refractivity contribution in [2.45, 2.75) is 52.7 Å². The summed E-state index contributed by atoms with van der Waals surface area (Å²) in [7, 11) is 0. The zero-order chi connectivity index (χ0) is 14.1. The molecule has 0 rings (SSSR count). The molecule has 0 saturated heterocycles. The van der Waals surface area contributed by atoms with E-state index in [2.05, 4.69) is 0 Å². The van der Waals surface area contributed by atoms with Gasteiger partial charge in [0.25, 0.3) is 0 Å². The summed E-state index contributed by atoms with van der Waals surface area (Å²) in [5, 5.41) is 0. The summed E-state index contributed by atoms with van der Waals surface area (Å²) >= 11 is 0.